The summed E-state index contributed by atoms with van der Waals surface area (Å²) >= 11 is 0. The van der Waals surface area contributed by atoms with Gasteiger partial charge in [0.1, 0.15) is 0 Å². The van der Waals surface area contributed by atoms with Crippen molar-refractivity contribution in [3.8, 4) is 0 Å². The first kappa shape index (κ1) is 11.4. The summed E-state index contributed by atoms with van der Waals surface area (Å²) in [5.41, 5.74) is 10.6. The van der Waals surface area contributed by atoms with Gasteiger partial charge in [-0.3, -0.25) is 4.79 Å². The van der Waals surface area contributed by atoms with Gasteiger partial charge in [-0.15, -0.1) is 0 Å². The van der Waals surface area contributed by atoms with Gasteiger partial charge < -0.3 is 11.5 Å². The molecule has 0 aliphatic heterocycles. The first-order valence-electron chi connectivity index (χ1n) is 4.33. The summed E-state index contributed by atoms with van der Waals surface area (Å²) < 4.78 is 0. The number of carbonyl (C=O) groups is 1. The van der Waals surface area contributed by atoms with Gasteiger partial charge in [0.15, 0.2) is 0 Å². The summed E-state index contributed by atoms with van der Waals surface area (Å²) in [5, 5.41) is 0. The molecule has 0 aliphatic rings. The molecule has 12 heavy (non-hydrogen) atoms. The standard InChI is InChI=1S/C9H20N2O/c1-6(2)5-7(8(10)12)9(3,4)11/h6-7H,5,11H2,1-4H3,(H2,10,12). The molecule has 1 amide bonds. The Bertz CT molecular complexity index is 158. The van der Waals surface area contributed by atoms with Crippen LogP contribution in [0.25, 0.3) is 0 Å². The number of primary amides is 1. The van der Waals surface area contributed by atoms with Gasteiger partial charge in [-0.05, 0) is 26.2 Å². The smallest absolute Gasteiger partial charge is 0.222 e. The van der Waals surface area contributed by atoms with Gasteiger partial charge >= 0.3 is 0 Å². The molecular formula is C9H20N2O. The lowest BCUT2D eigenvalue weighted by molar-refractivity contribution is -0.124. The van der Waals surface area contributed by atoms with Crippen molar-refractivity contribution in [2.75, 3.05) is 0 Å². The molecule has 0 radical (unpaired) electrons. The lowest BCUT2D eigenvalue weighted by Crippen LogP contribution is -2.48. The summed E-state index contributed by atoms with van der Waals surface area (Å²) in [6.45, 7) is 7.79. The highest BCUT2D eigenvalue weighted by Crippen LogP contribution is 2.21. The van der Waals surface area contributed by atoms with E-state index in [2.05, 4.69) is 13.8 Å². The van der Waals surface area contributed by atoms with Crippen LogP contribution in [0.1, 0.15) is 34.1 Å². The third kappa shape index (κ3) is 3.72. The molecular weight excluding hydrogens is 152 g/mol. The minimum Gasteiger partial charge on any atom is -0.369 e. The van der Waals surface area contributed by atoms with Crippen molar-refractivity contribution in [1.82, 2.24) is 0 Å². The molecule has 3 nitrogen and oxygen atoms in total. The molecule has 0 bridgehead atoms. The molecule has 72 valence electrons. The van der Waals surface area contributed by atoms with Crippen molar-refractivity contribution in [2.45, 2.75) is 39.7 Å². The van der Waals surface area contributed by atoms with Crippen LogP contribution in [-0.2, 0) is 4.79 Å². The Morgan fingerprint density at radius 3 is 1.92 bits per heavy atom. The fraction of sp³-hybridized carbons (Fsp3) is 0.889. The largest absolute Gasteiger partial charge is 0.369 e. The summed E-state index contributed by atoms with van der Waals surface area (Å²) in [4.78, 5) is 11.0. The van der Waals surface area contributed by atoms with Crippen LogP contribution < -0.4 is 11.5 Å². The second-order valence-electron chi connectivity index (χ2n) is 4.41. The molecule has 4 N–H and O–H groups in total. The lowest BCUT2D eigenvalue weighted by atomic mass is 9.82. The molecule has 3 heteroatoms. The molecule has 0 rings (SSSR count). The number of hydrogen-bond donors (Lipinski definition) is 2. The normalized spacial score (nSPS) is 14.8. The second kappa shape index (κ2) is 3.90. The summed E-state index contributed by atoms with van der Waals surface area (Å²) in [6.07, 6.45) is 0.763. The SMILES string of the molecule is CC(C)CC(C(N)=O)C(C)(C)N. The van der Waals surface area contributed by atoms with Gasteiger partial charge in [-0.1, -0.05) is 13.8 Å². The van der Waals surface area contributed by atoms with E-state index >= 15 is 0 Å². The van der Waals surface area contributed by atoms with Gasteiger partial charge in [-0.2, -0.15) is 0 Å². The number of nitrogens with two attached hydrogens (primary N) is 2. The fourth-order valence-corrected chi connectivity index (χ4v) is 1.26. The predicted molar refractivity (Wildman–Crippen MR) is 50.4 cm³/mol. The Kier molecular flexibility index (Phi) is 3.71. The Labute approximate surface area is 74.5 Å². The first-order valence-corrected chi connectivity index (χ1v) is 4.33. The summed E-state index contributed by atoms with van der Waals surface area (Å²) in [7, 11) is 0. The van der Waals surface area contributed by atoms with Gasteiger partial charge in [0.25, 0.3) is 0 Å². The van der Waals surface area contributed by atoms with Crippen LogP contribution in [0.2, 0.25) is 0 Å². The minimum atomic E-state index is -0.504. The molecule has 0 aromatic heterocycles. The number of amides is 1. The molecule has 0 aromatic carbocycles. The Hall–Kier alpha value is -0.570. The van der Waals surface area contributed by atoms with Gasteiger partial charge in [-0.25, -0.2) is 0 Å². The van der Waals surface area contributed by atoms with E-state index in [1.807, 2.05) is 13.8 Å². The zero-order valence-corrected chi connectivity index (χ0v) is 8.42. The van der Waals surface area contributed by atoms with Crippen LogP contribution in [0.3, 0.4) is 0 Å². The van der Waals surface area contributed by atoms with Crippen molar-refractivity contribution in [1.29, 1.82) is 0 Å². The van der Waals surface area contributed by atoms with Crippen LogP contribution in [0.5, 0.6) is 0 Å². The van der Waals surface area contributed by atoms with Gasteiger partial charge in [0.2, 0.25) is 5.91 Å². The highest BCUT2D eigenvalue weighted by Gasteiger charge is 2.30. The van der Waals surface area contributed by atoms with Gasteiger partial charge in [0, 0.05) is 5.54 Å². The Balaban J connectivity index is 4.35. The third-order valence-electron chi connectivity index (χ3n) is 1.95. The Morgan fingerprint density at radius 1 is 1.42 bits per heavy atom. The van der Waals surface area contributed by atoms with E-state index in [4.69, 9.17) is 11.5 Å². The fourth-order valence-electron chi connectivity index (χ4n) is 1.26. The average molecular weight is 172 g/mol. The van der Waals surface area contributed by atoms with Crippen LogP contribution >= 0.6 is 0 Å². The van der Waals surface area contributed by atoms with Crippen molar-refractivity contribution < 1.29 is 4.79 Å². The van der Waals surface area contributed by atoms with Crippen molar-refractivity contribution in [3.05, 3.63) is 0 Å². The summed E-state index contributed by atoms with van der Waals surface area (Å²) in [6, 6.07) is 0. The molecule has 1 atom stereocenters. The minimum absolute atomic E-state index is 0.225. The van der Waals surface area contributed by atoms with Crippen LogP contribution in [0.4, 0.5) is 0 Å². The van der Waals surface area contributed by atoms with E-state index < -0.39 is 5.54 Å². The number of rotatable bonds is 4. The monoisotopic (exact) mass is 172 g/mol. The third-order valence-corrected chi connectivity index (χ3v) is 1.95. The maximum absolute atomic E-state index is 11.0. The Morgan fingerprint density at radius 2 is 1.83 bits per heavy atom. The van der Waals surface area contributed by atoms with Crippen molar-refractivity contribution in [2.24, 2.45) is 23.3 Å². The predicted octanol–water partition coefficient (Wildman–Crippen LogP) is 0.871. The highest BCUT2D eigenvalue weighted by atomic mass is 16.1. The molecule has 0 aliphatic carbocycles. The molecule has 1 unspecified atom stereocenters. The van der Waals surface area contributed by atoms with E-state index in [9.17, 15) is 4.79 Å². The molecule has 0 spiro atoms. The summed E-state index contributed by atoms with van der Waals surface area (Å²) in [5.74, 6) is -0.0703. The highest BCUT2D eigenvalue weighted by molar-refractivity contribution is 5.78. The van der Waals surface area contributed by atoms with E-state index in [0.29, 0.717) is 5.92 Å². The van der Waals surface area contributed by atoms with Gasteiger partial charge in [0.05, 0.1) is 5.92 Å². The number of hydrogen-bond acceptors (Lipinski definition) is 2. The van der Waals surface area contributed by atoms with Crippen molar-refractivity contribution in [3.63, 3.8) is 0 Å². The van der Waals surface area contributed by atoms with E-state index in [0.717, 1.165) is 6.42 Å². The lowest BCUT2D eigenvalue weighted by Gasteiger charge is -2.29. The molecule has 0 heterocycles. The molecule has 0 saturated carbocycles. The van der Waals surface area contributed by atoms with Crippen molar-refractivity contribution >= 4 is 5.91 Å². The van der Waals surface area contributed by atoms with E-state index in [1.165, 1.54) is 0 Å². The van der Waals surface area contributed by atoms with Crippen LogP contribution in [0.15, 0.2) is 0 Å². The maximum Gasteiger partial charge on any atom is 0.222 e. The molecule has 0 saturated heterocycles. The maximum atomic E-state index is 11.0. The number of carbonyl (C=O) groups excluding carboxylic acids is 1. The first-order chi connectivity index (χ1) is 5.25. The molecule has 0 fully saturated rings. The van der Waals surface area contributed by atoms with E-state index in [-0.39, 0.29) is 11.8 Å². The zero-order valence-electron chi connectivity index (χ0n) is 8.42. The second-order valence-corrected chi connectivity index (χ2v) is 4.41. The quantitative estimate of drug-likeness (QED) is 0.660. The topological polar surface area (TPSA) is 69.1 Å². The molecule has 0 aromatic rings. The van der Waals surface area contributed by atoms with Crippen LogP contribution in [0, 0.1) is 11.8 Å². The zero-order chi connectivity index (χ0) is 9.94. The van der Waals surface area contributed by atoms with E-state index in [1.54, 1.807) is 0 Å². The van der Waals surface area contributed by atoms with Crippen LogP contribution in [-0.4, -0.2) is 11.4 Å². The average Bonchev–Trinajstić information content (AvgIpc) is 1.79.